The van der Waals surface area contributed by atoms with Gasteiger partial charge in [-0.1, -0.05) is 13.8 Å². The van der Waals surface area contributed by atoms with Crippen molar-refractivity contribution in [3.63, 3.8) is 0 Å². The number of hydrazine groups is 1. The number of nitrogens with zero attached hydrogens (tertiary/aromatic N) is 2. The molecule has 1 rings (SSSR count). The molecule has 24 heavy (non-hydrogen) atoms. The van der Waals surface area contributed by atoms with Crippen LogP contribution in [0.25, 0.3) is 0 Å². The molecule has 0 aliphatic carbocycles. The van der Waals surface area contributed by atoms with Gasteiger partial charge in [0.05, 0.1) is 10.6 Å². The predicted octanol–water partition coefficient (Wildman–Crippen LogP) is 1.44. The average molecular weight is 375 g/mol. The molecule has 0 saturated carbocycles. The maximum absolute atomic E-state index is 12.7. The maximum atomic E-state index is 12.7. The summed E-state index contributed by atoms with van der Waals surface area (Å²) in [7, 11) is -3.89. The van der Waals surface area contributed by atoms with Crippen LogP contribution in [0.15, 0.2) is 23.1 Å². The molecule has 0 saturated heterocycles. The van der Waals surface area contributed by atoms with Crippen molar-refractivity contribution in [1.29, 1.82) is 0 Å². The van der Waals surface area contributed by atoms with E-state index in [0.717, 1.165) is 6.07 Å². The van der Waals surface area contributed by atoms with Gasteiger partial charge in [-0.3, -0.25) is 21.0 Å². The second kappa shape index (κ2) is 8.76. The lowest BCUT2D eigenvalue weighted by Gasteiger charge is -2.21. The van der Waals surface area contributed by atoms with E-state index in [4.69, 9.17) is 12.2 Å². The minimum atomic E-state index is -3.89. The molecule has 11 heteroatoms. The summed E-state index contributed by atoms with van der Waals surface area (Å²) in [5.74, 6) is 0. The van der Waals surface area contributed by atoms with Crippen LogP contribution in [-0.4, -0.2) is 42.4 Å². The third kappa shape index (κ3) is 4.76. The number of sulfonamides is 1. The number of anilines is 1. The van der Waals surface area contributed by atoms with Crippen LogP contribution in [0.1, 0.15) is 20.8 Å². The Morgan fingerprint density at radius 1 is 1.29 bits per heavy atom. The number of nitro benzene ring substituents is 1. The lowest BCUT2D eigenvalue weighted by Crippen LogP contribution is -2.39. The second-order valence-electron chi connectivity index (χ2n) is 4.64. The first-order valence-electron chi connectivity index (χ1n) is 7.36. The highest BCUT2D eigenvalue weighted by molar-refractivity contribution is 7.89. The highest BCUT2D eigenvalue weighted by Gasteiger charge is 2.27. The van der Waals surface area contributed by atoms with Crippen molar-refractivity contribution in [3.8, 4) is 0 Å². The highest BCUT2D eigenvalue weighted by Crippen LogP contribution is 2.28. The molecule has 0 bridgehead atoms. The predicted molar refractivity (Wildman–Crippen MR) is 96.2 cm³/mol. The van der Waals surface area contributed by atoms with Crippen molar-refractivity contribution >= 4 is 38.7 Å². The Labute approximate surface area is 146 Å². The first kappa shape index (κ1) is 20.1. The van der Waals surface area contributed by atoms with E-state index < -0.39 is 14.9 Å². The molecule has 0 atom stereocenters. The van der Waals surface area contributed by atoms with E-state index in [1.165, 1.54) is 16.4 Å². The molecule has 3 N–H and O–H groups in total. The van der Waals surface area contributed by atoms with E-state index in [1.807, 2.05) is 6.92 Å². The van der Waals surface area contributed by atoms with Gasteiger partial charge >= 0.3 is 0 Å². The third-order valence-corrected chi connectivity index (χ3v) is 5.48. The molecule has 0 aliphatic heterocycles. The Hall–Kier alpha value is -1.98. The van der Waals surface area contributed by atoms with Crippen LogP contribution >= 0.6 is 12.2 Å². The molecule has 1 aromatic rings. The smallest absolute Gasteiger partial charge is 0.270 e. The second-order valence-corrected chi connectivity index (χ2v) is 6.95. The zero-order chi connectivity index (χ0) is 18.3. The Kier molecular flexibility index (Phi) is 7.32. The van der Waals surface area contributed by atoms with E-state index >= 15 is 0 Å². The monoisotopic (exact) mass is 375 g/mol. The zero-order valence-electron chi connectivity index (χ0n) is 13.7. The van der Waals surface area contributed by atoms with E-state index in [1.54, 1.807) is 13.8 Å². The van der Waals surface area contributed by atoms with Gasteiger partial charge in [0, 0.05) is 31.8 Å². The van der Waals surface area contributed by atoms with E-state index in [9.17, 15) is 18.5 Å². The van der Waals surface area contributed by atoms with Gasteiger partial charge in [-0.15, -0.1) is 0 Å². The van der Waals surface area contributed by atoms with Crippen molar-refractivity contribution in [2.24, 2.45) is 0 Å². The molecule has 0 amide bonds. The molecule has 9 nitrogen and oxygen atoms in total. The average Bonchev–Trinajstić information content (AvgIpc) is 2.53. The highest BCUT2D eigenvalue weighted by atomic mass is 32.2. The minimum absolute atomic E-state index is 0.174. The lowest BCUT2D eigenvalue weighted by atomic mass is 10.3. The van der Waals surface area contributed by atoms with Gasteiger partial charge in [0.1, 0.15) is 4.90 Å². The quantitative estimate of drug-likeness (QED) is 0.355. The summed E-state index contributed by atoms with van der Waals surface area (Å²) in [4.78, 5) is 10.2. The third-order valence-electron chi connectivity index (χ3n) is 3.15. The Balaban J connectivity index is 3.29. The first-order valence-corrected chi connectivity index (χ1v) is 9.21. The number of rotatable bonds is 8. The summed E-state index contributed by atoms with van der Waals surface area (Å²) in [6.07, 6.45) is 0. The normalized spacial score (nSPS) is 11.2. The van der Waals surface area contributed by atoms with Crippen LogP contribution in [0, 0.1) is 10.1 Å². The Bertz CT molecular complexity index is 704. The number of hydrogen-bond donors (Lipinski definition) is 3. The van der Waals surface area contributed by atoms with Crippen LogP contribution in [-0.2, 0) is 10.0 Å². The number of nitro groups is 1. The van der Waals surface area contributed by atoms with Crippen molar-refractivity contribution in [1.82, 2.24) is 15.0 Å². The minimum Gasteiger partial charge on any atom is -0.362 e. The van der Waals surface area contributed by atoms with Gasteiger partial charge in [0.15, 0.2) is 5.11 Å². The topological polar surface area (TPSA) is 117 Å². The van der Waals surface area contributed by atoms with Gasteiger partial charge in [-0.2, -0.15) is 4.31 Å². The number of non-ortho nitro benzene ring substituents is 1. The van der Waals surface area contributed by atoms with Crippen LogP contribution in [0.4, 0.5) is 11.4 Å². The van der Waals surface area contributed by atoms with Crippen LogP contribution in [0.2, 0.25) is 0 Å². The molecule has 0 aliphatic rings. The summed E-state index contributed by atoms with van der Waals surface area (Å²) in [6, 6.07) is 3.59. The Morgan fingerprint density at radius 2 is 1.92 bits per heavy atom. The van der Waals surface area contributed by atoms with Crippen molar-refractivity contribution in [2.75, 3.05) is 25.1 Å². The zero-order valence-corrected chi connectivity index (χ0v) is 15.3. The summed E-state index contributed by atoms with van der Waals surface area (Å²) in [6.45, 7) is 6.36. The molecular formula is C13H21N5O4S2. The lowest BCUT2D eigenvalue weighted by molar-refractivity contribution is -0.385. The molecule has 0 aromatic heterocycles. The van der Waals surface area contributed by atoms with E-state index in [-0.39, 0.29) is 34.5 Å². The van der Waals surface area contributed by atoms with Crippen molar-refractivity contribution in [2.45, 2.75) is 25.7 Å². The van der Waals surface area contributed by atoms with Crippen LogP contribution in [0.3, 0.4) is 0 Å². The van der Waals surface area contributed by atoms with Crippen LogP contribution in [0.5, 0.6) is 0 Å². The van der Waals surface area contributed by atoms with E-state index in [2.05, 4.69) is 16.2 Å². The van der Waals surface area contributed by atoms with Crippen molar-refractivity contribution in [3.05, 3.63) is 28.3 Å². The van der Waals surface area contributed by atoms with Gasteiger partial charge in [0.2, 0.25) is 10.0 Å². The molecule has 0 fully saturated rings. The molecule has 0 spiro atoms. The standard InChI is InChI=1S/C13H21N5O4S2/c1-4-14-13(23)16-15-11-8-7-10(18(19)20)9-12(11)24(21,22)17(5-2)6-3/h7-9,15H,4-6H2,1-3H3,(H2,14,16,23). The summed E-state index contributed by atoms with van der Waals surface area (Å²) in [5, 5.41) is 14.1. The molecule has 1 aromatic carbocycles. The molecule has 0 radical (unpaired) electrons. The van der Waals surface area contributed by atoms with Gasteiger partial charge in [-0.05, 0) is 25.2 Å². The number of thiocarbonyl (C=S) groups is 1. The van der Waals surface area contributed by atoms with Gasteiger partial charge < -0.3 is 5.32 Å². The van der Waals surface area contributed by atoms with Gasteiger partial charge in [-0.25, -0.2) is 8.42 Å². The summed E-state index contributed by atoms with van der Waals surface area (Å²) < 4.78 is 26.7. The van der Waals surface area contributed by atoms with E-state index in [0.29, 0.717) is 6.54 Å². The van der Waals surface area contributed by atoms with Crippen molar-refractivity contribution < 1.29 is 13.3 Å². The summed E-state index contributed by atoms with van der Waals surface area (Å²) >= 11 is 5.00. The molecule has 0 heterocycles. The number of benzene rings is 1. The number of hydrogen-bond acceptors (Lipinski definition) is 6. The van der Waals surface area contributed by atoms with Crippen LogP contribution < -0.4 is 16.2 Å². The molecule has 134 valence electrons. The molecule has 0 unspecified atom stereocenters. The maximum Gasteiger partial charge on any atom is 0.270 e. The largest absolute Gasteiger partial charge is 0.362 e. The molecular weight excluding hydrogens is 354 g/mol. The Morgan fingerprint density at radius 3 is 2.42 bits per heavy atom. The first-order chi connectivity index (χ1) is 11.3. The SMILES string of the molecule is CCNC(=S)NNc1ccc([N+](=O)[O-])cc1S(=O)(=O)N(CC)CC. The fraction of sp³-hybridized carbons (Fsp3) is 0.462. The van der Waals surface area contributed by atoms with Gasteiger partial charge in [0.25, 0.3) is 5.69 Å². The fourth-order valence-electron chi connectivity index (χ4n) is 1.97. The number of nitrogens with one attached hydrogen (secondary N) is 3. The summed E-state index contributed by atoms with van der Waals surface area (Å²) in [5.41, 5.74) is 5.21. The fourth-order valence-corrected chi connectivity index (χ4v) is 3.79.